The Morgan fingerprint density at radius 3 is 2.85 bits per heavy atom. The van der Waals surface area contributed by atoms with Crippen LogP contribution in [-0.2, 0) is 6.54 Å². The molecule has 1 fully saturated rings. The fourth-order valence-electron chi connectivity index (χ4n) is 2.82. The first-order valence-corrected chi connectivity index (χ1v) is 7.63. The Morgan fingerprint density at radius 1 is 1.25 bits per heavy atom. The second-order valence-electron chi connectivity index (χ2n) is 5.43. The largest absolute Gasteiger partial charge is 0.490 e. The molecule has 1 saturated carbocycles. The third-order valence-electron chi connectivity index (χ3n) is 3.88. The molecular formula is C17H22N2O. The van der Waals surface area contributed by atoms with Crippen LogP contribution >= 0.6 is 0 Å². The highest BCUT2D eigenvalue weighted by atomic mass is 16.5. The van der Waals surface area contributed by atoms with Crippen LogP contribution in [0.15, 0.2) is 30.3 Å². The Kier molecular flexibility index (Phi) is 4.16. The molecule has 1 heterocycles. The van der Waals surface area contributed by atoms with E-state index in [9.17, 15) is 0 Å². The van der Waals surface area contributed by atoms with E-state index in [1.54, 1.807) is 0 Å². The van der Waals surface area contributed by atoms with Gasteiger partial charge in [-0.1, -0.05) is 19.1 Å². The highest BCUT2D eigenvalue weighted by molar-refractivity contribution is 5.85. The van der Waals surface area contributed by atoms with Gasteiger partial charge in [0, 0.05) is 18.0 Å². The smallest absolute Gasteiger partial charge is 0.130 e. The summed E-state index contributed by atoms with van der Waals surface area (Å²) in [6.07, 6.45) is 5.32. The number of hydrogen-bond acceptors (Lipinski definition) is 3. The van der Waals surface area contributed by atoms with Crippen molar-refractivity contribution in [1.82, 2.24) is 10.3 Å². The van der Waals surface area contributed by atoms with Crippen molar-refractivity contribution in [2.75, 3.05) is 6.54 Å². The maximum Gasteiger partial charge on any atom is 0.130 e. The van der Waals surface area contributed by atoms with Crippen LogP contribution in [0.25, 0.3) is 10.9 Å². The quantitative estimate of drug-likeness (QED) is 0.900. The minimum Gasteiger partial charge on any atom is -0.490 e. The third-order valence-corrected chi connectivity index (χ3v) is 3.88. The van der Waals surface area contributed by atoms with Crippen LogP contribution < -0.4 is 10.1 Å². The van der Waals surface area contributed by atoms with E-state index >= 15 is 0 Å². The molecule has 3 nitrogen and oxygen atoms in total. The predicted octanol–water partition coefficient (Wildman–Crippen LogP) is 3.67. The van der Waals surface area contributed by atoms with Crippen LogP contribution in [0.3, 0.4) is 0 Å². The van der Waals surface area contributed by atoms with Gasteiger partial charge < -0.3 is 10.1 Å². The van der Waals surface area contributed by atoms with Gasteiger partial charge in [-0.15, -0.1) is 0 Å². The molecule has 0 unspecified atom stereocenters. The van der Waals surface area contributed by atoms with Crippen molar-refractivity contribution in [2.45, 2.75) is 45.3 Å². The highest BCUT2D eigenvalue weighted by Crippen LogP contribution is 2.30. The Bertz CT molecular complexity index is 576. The first kappa shape index (κ1) is 13.4. The number of benzene rings is 1. The molecule has 1 aliphatic rings. The lowest BCUT2D eigenvalue weighted by Crippen LogP contribution is -2.15. The molecule has 1 aromatic carbocycles. The molecule has 0 bridgehead atoms. The zero-order valence-corrected chi connectivity index (χ0v) is 12.1. The standard InChI is InChI=1S/C17H22N2O/c1-2-18-12-13-11-17(20-14-7-3-4-8-14)15-9-5-6-10-16(15)19-13/h5-6,9-11,14,18H,2-4,7-8,12H2,1H3. The molecule has 0 radical (unpaired) electrons. The monoisotopic (exact) mass is 270 g/mol. The van der Waals surface area contributed by atoms with Crippen LogP contribution in [0.5, 0.6) is 5.75 Å². The van der Waals surface area contributed by atoms with Crippen LogP contribution in [0.4, 0.5) is 0 Å². The second kappa shape index (κ2) is 6.23. The van der Waals surface area contributed by atoms with Gasteiger partial charge in [0.05, 0.1) is 17.3 Å². The summed E-state index contributed by atoms with van der Waals surface area (Å²) in [5.74, 6) is 0.996. The van der Waals surface area contributed by atoms with E-state index in [-0.39, 0.29) is 0 Å². The van der Waals surface area contributed by atoms with Crippen molar-refractivity contribution in [3.05, 3.63) is 36.0 Å². The lowest BCUT2D eigenvalue weighted by Gasteiger charge is -2.16. The van der Waals surface area contributed by atoms with Gasteiger partial charge >= 0.3 is 0 Å². The number of fused-ring (bicyclic) bond motifs is 1. The highest BCUT2D eigenvalue weighted by Gasteiger charge is 2.18. The van der Waals surface area contributed by atoms with Crippen molar-refractivity contribution in [2.24, 2.45) is 0 Å². The van der Waals surface area contributed by atoms with E-state index in [0.717, 1.165) is 35.4 Å². The molecule has 0 aliphatic heterocycles. The molecule has 0 amide bonds. The van der Waals surface area contributed by atoms with Crippen molar-refractivity contribution in [3.8, 4) is 5.75 Å². The predicted molar refractivity (Wildman–Crippen MR) is 82.0 cm³/mol. The number of para-hydroxylation sites is 1. The Labute approximate surface area is 120 Å². The maximum absolute atomic E-state index is 6.24. The SMILES string of the molecule is CCNCc1cc(OC2CCCC2)c2ccccc2n1. The molecule has 3 rings (SSSR count). The molecule has 1 aliphatic carbocycles. The van der Waals surface area contributed by atoms with E-state index in [2.05, 4.69) is 36.5 Å². The van der Waals surface area contributed by atoms with E-state index in [4.69, 9.17) is 9.72 Å². The molecule has 0 saturated heterocycles. The van der Waals surface area contributed by atoms with Crippen LogP contribution in [0, 0.1) is 0 Å². The van der Waals surface area contributed by atoms with Gasteiger partial charge in [0.25, 0.3) is 0 Å². The molecular weight excluding hydrogens is 248 g/mol. The van der Waals surface area contributed by atoms with Gasteiger partial charge in [-0.05, 0) is 44.4 Å². The second-order valence-corrected chi connectivity index (χ2v) is 5.43. The fourth-order valence-corrected chi connectivity index (χ4v) is 2.82. The number of aromatic nitrogens is 1. The minimum absolute atomic E-state index is 0.382. The topological polar surface area (TPSA) is 34.1 Å². The van der Waals surface area contributed by atoms with Gasteiger partial charge in [-0.3, -0.25) is 4.98 Å². The van der Waals surface area contributed by atoms with E-state index in [0.29, 0.717) is 6.10 Å². The summed E-state index contributed by atoms with van der Waals surface area (Å²) in [6.45, 7) is 3.85. The van der Waals surface area contributed by atoms with E-state index in [1.807, 2.05) is 6.07 Å². The lowest BCUT2D eigenvalue weighted by atomic mass is 10.1. The number of pyridine rings is 1. The summed E-state index contributed by atoms with van der Waals surface area (Å²) in [4.78, 5) is 4.71. The molecule has 2 aromatic rings. The average molecular weight is 270 g/mol. The summed E-state index contributed by atoms with van der Waals surface area (Å²) >= 11 is 0. The minimum atomic E-state index is 0.382. The zero-order valence-electron chi connectivity index (χ0n) is 12.1. The third kappa shape index (κ3) is 2.93. The maximum atomic E-state index is 6.24. The average Bonchev–Trinajstić information content (AvgIpc) is 2.98. The molecule has 106 valence electrons. The van der Waals surface area contributed by atoms with Gasteiger partial charge in [-0.25, -0.2) is 0 Å². The molecule has 0 atom stereocenters. The Balaban J connectivity index is 1.93. The molecule has 1 aromatic heterocycles. The van der Waals surface area contributed by atoms with Crippen molar-refractivity contribution in [3.63, 3.8) is 0 Å². The van der Waals surface area contributed by atoms with Crippen molar-refractivity contribution >= 4 is 10.9 Å². The number of ether oxygens (including phenoxy) is 1. The molecule has 20 heavy (non-hydrogen) atoms. The zero-order chi connectivity index (χ0) is 13.8. The summed E-state index contributed by atoms with van der Waals surface area (Å²) in [6, 6.07) is 10.3. The van der Waals surface area contributed by atoms with Gasteiger partial charge in [0.15, 0.2) is 0 Å². The first-order chi connectivity index (χ1) is 9.86. The normalized spacial score (nSPS) is 15.8. The van der Waals surface area contributed by atoms with Crippen LogP contribution in [-0.4, -0.2) is 17.6 Å². The number of rotatable bonds is 5. The first-order valence-electron chi connectivity index (χ1n) is 7.63. The summed E-state index contributed by atoms with van der Waals surface area (Å²) < 4.78 is 6.24. The Morgan fingerprint density at radius 2 is 2.05 bits per heavy atom. The van der Waals surface area contributed by atoms with Crippen LogP contribution in [0.2, 0.25) is 0 Å². The van der Waals surface area contributed by atoms with E-state index < -0.39 is 0 Å². The molecule has 1 N–H and O–H groups in total. The van der Waals surface area contributed by atoms with E-state index in [1.165, 1.54) is 25.7 Å². The summed E-state index contributed by atoms with van der Waals surface area (Å²) in [5, 5.41) is 4.46. The Hall–Kier alpha value is -1.61. The summed E-state index contributed by atoms with van der Waals surface area (Å²) in [5.41, 5.74) is 2.08. The van der Waals surface area contributed by atoms with Crippen molar-refractivity contribution in [1.29, 1.82) is 0 Å². The fraction of sp³-hybridized carbons (Fsp3) is 0.471. The van der Waals surface area contributed by atoms with Crippen LogP contribution in [0.1, 0.15) is 38.3 Å². The van der Waals surface area contributed by atoms with Gasteiger partial charge in [-0.2, -0.15) is 0 Å². The lowest BCUT2D eigenvalue weighted by molar-refractivity contribution is 0.212. The molecule has 3 heteroatoms. The molecule has 0 spiro atoms. The van der Waals surface area contributed by atoms with Crippen molar-refractivity contribution < 1.29 is 4.74 Å². The number of nitrogens with one attached hydrogen (secondary N) is 1. The summed E-state index contributed by atoms with van der Waals surface area (Å²) in [7, 11) is 0. The van der Waals surface area contributed by atoms with Gasteiger partial charge in [0.1, 0.15) is 5.75 Å². The van der Waals surface area contributed by atoms with Gasteiger partial charge in [0.2, 0.25) is 0 Å². The number of nitrogens with zero attached hydrogens (tertiary/aromatic N) is 1. The number of hydrogen-bond donors (Lipinski definition) is 1.